The van der Waals surface area contributed by atoms with E-state index in [9.17, 15) is 13.2 Å². The molecule has 0 saturated carbocycles. The second kappa shape index (κ2) is 9.12. The lowest BCUT2D eigenvalue weighted by Gasteiger charge is -2.47. The summed E-state index contributed by atoms with van der Waals surface area (Å²) in [6, 6.07) is 4.15. The standard InChI is InChI=1S/C23H30F3N3O/c24-23(25,26)16-7-10-20-19(13-16)22-18(21(29-20)15-5-2-1-3-6-15)9-8-17(30-22)14-28-12-4-11-27/h1-3,5,7,10,13,15,17-18,21-22,28-29H,4,6,8-9,11-12,14,27H2/t15?,17-,18+,21+,22+/m1/s1. The van der Waals surface area contributed by atoms with E-state index in [4.69, 9.17) is 10.5 Å². The second-order valence-corrected chi connectivity index (χ2v) is 8.45. The van der Waals surface area contributed by atoms with Crippen molar-refractivity contribution in [1.29, 1.82) is 0 Å². The molecular weight excluding hydrogens is 391 g/mol. The maximum atomic E-state index is 13.4. The van der Waals surface area contributed by atoms with Crippen LogP contribution < -0.4 is 16.4 Å². The van der Waals surface area contributed by atoms with Crippen LogP contribution in [0.4, 0.5) is 18.9 Å². The summed E-state index contributed by atoms with van der Waals surface area (Å²) in [7, 11) is 0. The minimum Gasteiger partial charge on any atom is -0.381 e. The Morgan fingerprint density at radius 1 is 1.20 bits per heavy atom. The predicted octanol–water partition coefficient (Wildman–Crippen LogP) is 4.41. The molecule has 1 fully saturated rings. The zero-order valence-electron chi connectivity index (χ0n) is 17.0. The Bertz CT molecular complexity index is 792. The number of rotatable bonds is 6. The predicted molar refractivity (Wildman–Crippen MR) is 112 cm³/mol. The SMILES string of the molecule is NCCCNC[C@H]1CC[C@@H]2[C@H](O1)c1cc(C(F)(F)F)ccc1N[C@H]2C1C=CC=CC1. The molecule has 30 heavy (non-hydrogen) atoms. The molecule has 4 N–H and O–H groups in total. The number of nitrogens with two attached hydrogens (primary N) is 1. The molecule has 2 aliphatic heterocycles. The molecule has 7 heteroatoms. The van der Waals surface area contributed by atoms with Gasteiger partial charge in [-0.25, -0.2) is 0 Å². The summed E-state index contributed by atoms with van der Waals surface area (Å²) in [5.74, 6) is 0.447. The highest BCUT2D eigenvalue weighted by Gasteiger charge is 2.44. The number of nitrogens with one attached hydrogen (secondary N) is 2. The van der Waals surface area contributed by atoms with Crippen molar-refractivity contribution in [3.05, 3.63) is 53.6 Å². The van der Waals surface area contributed by atoms with Crippen molar-refractivity contribution in [2.45, 2.75) is 50.1 Å². The molecular formula is C23H30F3N3O. The van der Waals surface area contributed by atoms with Crippen LogP contribution in [0.25, 0.3) is 0 Å². The minimum atomic E-state index is -4.36. The van der Waals surface area contributed by atoms with Gasteiger partial charge >= 0.3 is 6.18 Å². The van der Waals surface area contributed by atoms with Gasteiger partial charge in [0.2, 0.25) is 0 Å². The Kier molecular flexibility index (Phi) is 6.51. The van der Waals surface area contributed by atoms with E-state index in [-0.39, 0.29) is 24.2 Å². The Labute approximate surface area is 175 Å². The van der Waals surface area contributed by atoms with Gasteiger partial charge in [-0.15, -0.1) is 0 Å². The van der Waals surface area contributed by atoms with Crippen LogP contribution in [-0.4, -0.2) is 31.8 Å². The van der Waals surface area contributed by atoms with E-state index < -0.39 is 11.7 Å². The van der Waals surface area contributed by atoms with E-state index in [1.165, 1.54) is 6.07 Å². The highest BCUT2D eigenvalue weighted by Crippen LogP contribution is 2.49. The van der Waals surface area contributed by atoms with E-state index in [0.29, 0.717) is 24.6 Å². The van der Waals surface area contributed by atoms with E-state index in [2.05, 4.69) is 28.9 Å². The third-order valence-electron chi connectivity index (χ3n) is 6.42. The minimum absolute atomic E-state index is 0.00744. The highest BCUT2D eigenvalue weighted by atomic mass is 19.4. The quantitative estimate of drug-likeness (QED) is 0.596. The summed E-state index contributed by atoms with van der Waals surface area (Å²) in [5.41, 5.74) is 6.32. The molecule has 0 radical (unpaired) electrons. The normalized spacial score (nSPS) is 30.5. The molecule has 0 aromatic heterocycles. The summed E-state index contributed by atoms with van der Waals surface area (Å²) >= 11 is 0. The van der Waals surface area contributed by atoms with Gasteiger partial charge < -0.3 is 21.1 Å². The lowest BCUT2D eigenvalue weighted by atomic mass is 9.73. The maximum absolute atomic E-state index is 13.4. The van der Waals surface area contributed by atoms with Crippen LogP contribution in [0.1, 0.15) is 42.9 Å². The highest BCUT2D eigenvalue weighted by molar-refractivity contribution is 5.58. The zero-order valence-corrected chi connectivity index (χ0v) is 17.0. The van der Waals surface area contributed by atoms with E-state index in [0.717, 1.165) is 44.0 Å². The molecule has 4 nitrogen and oxygen atoms in total. The maximum Gasteiger partial charge on any atom is 0.416 e. The molecule has 0 bridgehead atoms. The molecule has 164 valence electrons. The van der Waals surface area contributed by atoms with Crippen LogP contribution in [0.5, 0.6) is 0 Å². The van der Waals surface area contributed by atoms with Gasteiger partial charge in [0.25, 0.3) is 0 Å². The van der Waals surface area contributed by atoms with Crippen molar-refractivity contribution in [3.8, 4) is 0 Å². The third kappa shape index (κ3) is 4.58. The smallest absolute Gasteiger partial charge is 0.381 e. The van der Waals surface area contributed by atoms with Gasteiger partial charge in [0.05, 0.1) is 17.8 Å². The first-order chi connectivity index (χ1) is 14.5. The van der Waals surface area contributed by atoms with Crippen LogP contribution in [-0.2, 0) is 10.9 Å². The number of halogens is 3. The molecule has 4 rings (SSSR count). The Morgan fingerprint density at radius 2 is 2.07 bits per heavy atom. The molecule has 1 aromatic carbocycles. The van der Waals surface area contributed by atoms with Gasteiger partial charge in [-0.3, -0.25) is 0 Å². The van der Waals surface area contributed by atoms with E-state index in [1.54, 1.807) is 6.07 Å². The molecule has 1 aliphatic carbocycles. The number of anilines is 1. The zero-order chi connectivity index (χ0) is 21.1. The van der Waals surface area contributed by atoms with Crippen LogP contribution in [0.15, 0.2) is 42.5 Å². The summed E-state index contributed by atoms with van der Waals surface area (Å²) in [4.78, 5) is 0. The molecule has 2 heterocycles. The number of hydrogen-bond donors (Lipinski definition) is 3. The molecule has 3 aliphatic rings. The van der Waals surface area contributed by atoms with Crippen LogP contribution in [0.2, 0.25) is 0 Å². The number of alkyl halides is 3. The Balaban J connectivity index is 1.59. The van der Waals surface area contributed by atoms with Crippen LogP contribution >= 0.6 is 0 Å². The second-order valence-electron chi connectivity index (χ2n) is 8.45. The van der Waals surface area contributed by atoms with Crippen LogP contribution in [0.3, 0.4) is 0 Å². The molecule has 5 atom stereocenters. The summed E-state index contributed by atoms with van der Waals surface area (Å²) in [6.45, 7) is 2.15. The van der Waals surface area contributed by atoms with Crippen molar-refractivity contribution in [3.63, 3.8) is 0 Å². The average molecular weight is 422 g/mol. The van der Waals surface area contributed by atoms with Gasteiger partial charge in [-0.2, -0.15) is 13.2 Å². The Hall–Kier alpha value is -1.83. The van der Waals surface area contributed by atoms with Gasteiger partial charge in [-0.1, -0.05) is 24.3 Å². The third-order valence-corrected chi connectivity index (χ3v) is 6.42. The lowest BCUT2D eigenvalue weighted by molar-refractivity contribution is -0.138. The van der Waals surface area contributed by atoms with E-state index >= 15 is 0 Å². The summed E-state index contributed by atoms with van der Waals surface area (Å²) in [5, 5.41) is 6.92. The van der Waals surface area contributed by atoms with Crippen molar-refractivity contribution in [1.82, 2.24) is 5.32 Å². The first-order valence-electron chi connectivity index (χ1n) is 10.8. The Morgan fingerprint density at radius 3 is 2.80 bits per heavy atom. The van der Waals surface area contributed by atoms with Gasteiger partial charge in [0.1, 0.15) is 0 Å². The molecule has 1 aromatic rings. The fourth-order valence-corrected chi connectivity index (χ4v) is 4.90. The first kappa shape index (κ1) is 21.4. The van der Waals surface area contributed by atoms with E-state index in [1.807, 2.05) is 6.08 Å². The average Bonchev–Trinajstić information content (AvgIpc) is 2.75. The lowest BCUT2D eigenvalue weighted by Crippen LogP contribution is -2.48. The van der Waals surface area contributed by atoms with Crippen molar-refractivity contribution >= 4 is 5.69 Å². The fourth-order valence-electron chi connectivity index (χ4n) is 4.90. The van der Waals surface area contributed by atoms with Crippen LogP contribution in [0, 0.1) is 11.8 Å². The molecule has 0 spiro atoms. The van der Waals surface area contributed by atoms with Gasteiger partial charge in [-0.05, 0) is 57.0 Å². The first-order valence-corrected chi connectivity index (χ1v) is 10.8. The van der Waals surface area contributed by atoms with Crippen molar-refractivity contribution in [2.75, 3.05) is 25.0 Å². The molecule has 1 unspecified atom stereocenters. The summed E-state index contributed by atoms with van der Waals surface area (Å²) in [6.07, 6.45) is 7.39. The topological polar surface area (TPSA) is 59.3 Å². The largest absolute Gasteiger partial charge is 0.416 e. The number of benzene rings is 1. The summed E-state index contributed by atoms with van der Waals surface area (Å²) < 4.78 is 46.5. The van der Waals surface area contributed by atoms with Gasteiger partial charge in [0, 0.05) is 35.7 Å². The number of allylic oxidation sites excluding steroid dienone is 3. The number of hydrogen-bond acceptors (Lipinski definition) is 4. The van der Waals surface area contributed by atoms with Crippen molar-refractivity contribution < 1.29 is 17.9 Å². The fraction of sp³-hybridized carbons (Fsp3) is 0.565. The van der Waals surface area contributed by atoms with Gasteiger partial charge in [0.15, 0.2) is 0 Å². The molecule has 0 amide bonds. The monoisotopic (exact) mass is 421 g/mol. The molecule has 1 saturated heterocycles. The number of ether oxygens (including phenoxy) is 1. The number of fused-ring (bicyclic) bond motifs is 3. The van der Waals surface area contributed by atoms with Crippen molar-refractivity contribution in [2.24, 2.45) is 17.6 Å².